The summed E-state index contributed by atoms with van der Waals surface area (Å²) in [6, 6.07) is 5.95. The van der Waals surface area contributed by atoms with Gasteiger partial charge in [0, 0.05) is 32.7 Å². The molecule has 166 valence electrons. The predicted molar refractivity (Wildman–Crippen MR) is 115 cm³/mol. The molecule has 9 nitrogen and oxygen atoms in total. The zero-order chi connectivity index (χ0) is 22.1. The molecule has 31 heavy (non-hydrogen) atoms. The molecule has 3 amide bonds. The first kappa shape index (κ1) is 21.3. The van der Waals surface area contributed by atoms with Crippen molar-refractivity contribution in [2.75, 3.05) is 26.2 Å². The SMILES string of the molecule is CCNC(=O)N1CCc2c(cccc2-n2nnc(C(=O)N3C[C@H](C)O[C@@H](C)C3)c2C)C1. The van der Waals surface area contributed by atoms with Crippen molar-refractivity contribution in [3.63, 3.8) is 0 Å². The van der Waals surface area contributed by atoms with Crippen LogP contribution in [0.3, 0.4) is 0 Å². The van der Waals surface area contributed by atoms with Crippen molar-refractivity contribution >= 4 is 11.9 Å². The van der Waals surface area contributed by atoms with E-state index in [1.807, 2.05) is 50.8 Å². The molecule has 1 fully saturated rings. The van der Waals surface area contributed by atoms with Gasteiger partial charge in [0.15, 0.2) is 5.69 Å². The zero-order valence-electron chi connectivity index (χ0n) is 18.6. The van der Waals surface area contributed by atoms with E-state index in [2.05, 4.69) is 15.6 Å². The largest absolute Gasteiger partial charge is 0.372 e. The van der Waals surface area contributed by atoms with Crippen LogP contribution >= 0.6 is 0 Å². The van der Waals surface area contributed by atoms with Crippen molar-refractivity contribution in [2.45, 2.75) is 52.9 Å². The molecule has 2 atom stereocenters. The number of ether oxygens (including phenoxy) is 1. The van der Waals surface area contributed by atoms with Crippen molar-refractivity contribution in [2.24, 2.45) is 0 Å². The summed E-state index contributed by atoms with van der Waals surface area (Å²) in [7, 11) is 0. The molecule has 0 spiro atoms. The van der Waals surface area contributed by atoms with E-state index in [4.69, 9.17) is 4.74 Å². The van der Waals surface area contributed by atoms with Gasteiger partial charge in [0.2, 0.25) is 0 Å². The molecule has 3 heterocycles. The van der Waals surface area contributed by atoms with Crippen LogP contribution in [0, 0.1) is 6.92 Å². The summed E-state index contributed by atoms with van der Waals surface area (Å²) < 4.78 is 7.49. The number of carbonyl (C=O) groups excluding carboxylic acids is 2. The molecule has 1 aromatic carbocycles. The van der Waals surface area contributed by atoms with E-state index >= 15 is 0 Å². The molecule has 0 radical (unpaired) electrons. The maximum atomic E-state index is 13.1. The quantitative estimate of drug-likeness (QED) is 0.809. The van der Waals surface area contributed by atoms with Gasteiger partial charge in [0.1, 0.15) is 0 Å². The highest BCUT2D eigenvalue weighted by molar-refractivity contribution is 5.93. The van der Waals surface area contributed by atoms with E-state index in [1.54, 1.807) is 9.58 Å². The second kappa shape index (κ2) is 8.66. The number of urea groups is 1. The Morgan fingerprint density at radius 3 is 2.65 bits per heavy atom. The molecule has 1 aromatic heterocycles. The molecule has 1 N–H and O–H groups in total. The van der Waals surface area contributed by atoms with Crippen molar-refractivity contribution in [3.8, 4) is 5.69 Å². The Kier molecular flexibility index (Phi) is 5.95. The Labute approximate surface area is 182 Å². The first-order valence-electron chi connectivity index (χ1n) is 10.9. The highest BCUT2D eigenvalue weighted by atomic mass is 16.5. The number of aromatic nitrogens is 3. The van der Waals surface area contributed by atoms with Gasteiger partial charge in [0.25, 0.3) is 5.91 Å². The van der Waals surface area contributed by atoms with E-state index in [0.29, 0.717) is 38.4 Å². The van der Waals surface area contributed by atoms with Gasteiger partial charge in [-0.3, -0.25) is 4.79 Å². The second-order valence-electron chi connectivity index (χ2n) is 8.32. The number of rotatable bonds is 3. The second-order valence-corrected chi connectivity index (χ2v) is 8.32. The summed E-state index contributed by atoms with van der Waals surface area (Å²) in [5.74, 6) is -0.113. The van der Waals surface area contributed by atoms with E-state index in [0.717, 1.165) is 28.9 Å². The summed E-state index contributed by atoms with van der Waals surface area (Å²) in [6.45, 7) is 10.6. The van der Waals surface area contributed by atoms with Crippen LogP contribution in [0.4, 0.5) is 4.79 Å². The summed E-state index contributed by atoms with van der Waals surface area (Å²) >= 11 is 0. The number of fused-ring (bicyclic) bond motifs is 1. The number of benzene rings is 1. The lowest BCUT2D eigenvalue weighted by molar-refractivity contribution is -0.0587. The maximum absolute atomic E-state index is 13.1. The topological polar surface area (TPSA) is 92.6 Å². The van der Waals surface area contributed by atoms with Crippen molar-refractivity contribution in [1.82, 2.24) is 30.1 Å². The van der Waals surface area contributed by atoms with Crippen LogP contribution in [-0.2, 0) is 17.7 Å². The highest BCUT2D eigenvalue weighted by Gasteiger charge is 2.30. The van der Waals surface area contributed by atoms with Gasteiger partial charge >= 0.3 is 6.03 Å². The molecular formula is C22H30N6O3. The molecule has 1 saturated heterocycles. The van der Waals surface area contributed by atoms with Crippen LogP contribution in [0.15, 0.2) is 18.2 Å². The van der Waals surface area contributed by atoms with Gasteiger partial charge in [-0.2, -0.15) is 0 Å². The van der Waals surface area contributed by atoms with Crippen LogP contribution in [0.5, 0.6) is 0 Å². The minimum absolute atomic E-state index is 0.00273. The Hall–Kier alpha value is -2.94. The number of nitrogens with one attached hydrogen (secondary N) is 1. The fourth-order valence-electron chi connectivity index (χ4n) is 4.47. The summed E-state index contributed by atoms with van der Waals surface area (Å²) in [6.07, 6.45) is 0.720. The number of nitrogens with zero attached hydrogens (tertiary/aromatic N) is 5. The molecule has 2 aliphatic heterocycles. The van der Waals surface area contributed by atoms with Crippen molar-refractivity contribution in [1.29, 1.82) is 0 Å². The average Bonchev–Trinajstić information content (AvgIpc) is 3.12. The fraction of sp³-hybridized carbons (Fsp3) is 0.545. The molecule has 0 unspecified atom stereocenters. The summed E-state index contributed by atoms with van der Waals surface area (Å²) in [5.41, 5.74) is 4.24. The third-order valence-electron chi connectivity index (χ3n) is 5.89. The Morgan fingerprint density at radius 2 is 1.94 bits per heavy atom. The molecule has 2 aromatic rings. The molecule has 0 saturated carbocycles. The molecule has 0 bridgehead atoms. The smallest absolute Gasteiger partial charge is 0.317 e. The normalized spacial score (nSPS) is 21.0. The lowest BCUT2D eigenvalue weighted by Crippen LogP contribution is -2.48. The minimum atomic E-state index is -0.113. The molecule has 4 rings (SSSR count). The van der Waals surface area contributed by atoms with Gasteiger partial charge in [-0.1, -0.05) is 17.3 Å². The third-order valence-corrected chi connectivity index (χ3v) is 5.89. The lowest BCUT2D eigenvalue weighted by atomic mass is 9.98. The Bertz CT molecular complexity index is 978. The Balaban J connectivity index is 1.60. The number of morpholine rings is 1. The van der Waals surface area contributed by atoms with E-state index in [9.17, 15) is 9.59 Å². The maximum Gasteiger partial charge on any atom is 0.317 e. The first-order valence-corrected chi connectivity index (χ1v) is 10.9. The van der Waals surface area contributed by atoms with Crippen molar-refractivity contribution in [3.05, 3.63) is 40.7 Å². The zero-order valence-corrected chi connectivity index (χ0v) is 18.6. The van der Waals surface area contributed by atoms with Gasteiger partial charge in [0.05, 0.1) is 23.6 Å². The van der Waals surface area contributed by atoms with Crippen LogP contribution in [0.1, 0.15) is 48.1 Å². The van der Waals surface area contributed by atoms with E-state index in [-0.39, 0.29) is 24.1 Å². The average molecular weight is 427 g/mol. The predicted octanol–water partition coefficient (Wildman–Crippen LogP) is 1.91. The van der Waals surface area contributed by atoms with Crippen LogP contribution in [0.2, 0.25) is 0 Å². The minimum Gasteiger partial charge on any atom is -0.372 e. The van der Waals surface area contributed by atoms with Crippen LogP contribution < -0.4 is 5.32 Å². The highest BCUT2D eigenvalue weighted by Crippen LogP contribution is 2.26. The monoisotopic (exact) mass is 426 g/mol. The molecule has 9 heteroatoms. The first-order chi connectivity index (χ1) is 14.9. The van der Waals surface area contributed by atoms with Gasteiger partial charge in [-0.15, -0.1) is 5.10 Å². The van der Waals surface area contributed by atoms with Gasteiger partial charge < -0.3 is 19.9 Å². The van der Waals surface area contributed by atoms with Gasteiger partial charge in [-0.25, -0.2) is 9.48 Å². The Morgan fingerprint density at radius 1 is 1.19 bits per heavy atom. The fourth-order valence-corrected chi connectivity index (χ4v) is 4.47. The number of carbonyl (C=O) groups is 2. The lowest BCUT2D eigenvalue weighted by Gasteiger charge is -2.34. The summed E-state index contributed by atoms with van der Waals surface area (Å²) in [4.78, 5) is 29.0. The number of hydrogen-bond donors (Lipinski definition) is 1. The van der Waals surface area contributed by atoms with Gasteiger partial charge in [-0.05, 0) is 51.3 Å². The standard InChI is InChI=1S/C22H30N6O3/c1-5-23-22(30)26-10-9-18-17(13-26)7-6-8-19(18)28-16(4)20(24-25-28)21(29)27-11-14(2)31-15(3)12-27/h6-8,14-15H,5,9-13H2,1-4H3,(H,23,30)/t14-,15-/m0/s1. The molecular weight excluding hydrogens is 396 g/mol. The third kappa shape index (κ3) is 4.14. The number of hydrogen-bond acceptors (Lipinski definition) is 5. The van der Waals surface area contributed by atoms with E-state index in [1.165, 1.54) is 0 Å². The van der Waals surface area contributed by atoms with E-state index < -0.39 is 0 Å². The van der Waals surface area contributed by atoms with Crippen molar-refractivity contribution < 1.29 is 14.3 Å². The summed E-state index contributed by atoms with van der Waals surface area (Å²) in [5, 5.41) is 11.4. The molecule has 2 aliphatic rings. The molecule has 0 aliphatic carbocycles. The number of amides is 3. The van der Waals surface area contributed by atoms with Crippen LogP contribution in [0.25, 0.3) is 5.69 Å². The van der Waals surface area contributed by atoms with Crippen LogP contribution in [-0.4, -0.2) is 75.1 Å².